The Bertz CT molecular complexity index is 527. The van der Waals surface area contributed by atoms with Crippen LogP contribution >= 0.6 is 0 Å². The van der Waals surface area contributed by atoms with Gasteiger partial charge in [0.05, 0.1) is 6.33 Å². The average Bonchev–Trinajstić information content (AvgIpc) is 2.45. The lowest BCUT2D eigenvalue weighted by Gasteiger charge is -2.10. The molecule has 1 rings (SSSR count). The van der Waals surface area contributed by atoms with E-state index in [1.54, 1.807) is 18.2 Å². The molecule has 0 heterocycles. The fourth-order valence-corrected chi connectivity index (χ4v) is 1.63. The predicted molar refractivity (Wildman–Crippen MR) is 76.4 cm³/mol. The van der Waals surface area contributed by atoms with Crippen molar-refractivity contribution in [2.45, 2.75) is 26.2 Å². The van der Waals surface area contributed by atoms with Crippen LogP contribution in [0.3, 0.4) is 0 Å². The smallest absolute Gasteiger partial charge is 0.224 e. The van der Waals surface area contributed by atoms with Gasteiger partial charge < -0.3 is 16.3 Å². The molecule has 0 unspecified atom stereocenters. The molecule has 0 bridgehead atoms. The molecule has 20 heavy (non-hydrogen) atoms. The van der Waals surface area contributed by atoms with Gasteiger partial charge in [0.2, 0.25) is 5.91 Å². The fraction of sp³-hybridized carbons (Fsp3) is 0.286. The van der Waals surface area contributed by atoms with E-state index in [1.807, 2.05) is 6.92 Å². The highest BCUT2D eigenvalue weighted by Gasteiger charge is 2.07. The Morgan fingerprint density at radius 3 is 2.95 bits per heavy atom. The number of rotatable bonds is 6. The first-order chi connectivity index (χ1) is 9.58. The van der Waals surface area contributed by atoms with Crippen molar-refractivity contribution in [1.29, 1.82) is 0 Å². The van der Waals surface area contributed by atoms with Crippen molar-refractivity contribution < 1.29 is 14.4 Å². The van der Waals surface area contributed by atoms with Gasteiger partial charge in [0.1, 0.15) is 0 Å². The number of carbonyl (C=O) groups excluding carboxylic acids is 1. The molecule has 4 N–H and O–H groups in total. The topological polar surface area (TPSA) is 87.7 Å². The zero-order valence-corrected chi connectivity index (χ0v) is 11.3. The van der Waals surface area contributed by atoms with Gasteiger partial charge in [-0.15, -0.1) is 0 Å². The van der Waals surface area contributed by atoms with Crippen molar-refractivity contribution in [2.75, 3.05) is 5.32 Å². The highest BCUT2D eigenvalue weighted by Crippen LogP contribution is 2.17. The number of hydrogen-bond donors (Lipinski definition) is 3. The zero-order chi connectivity index (χ0) is 15.0. The molecule has 0 aliphatic carbocycles. The van der Waals surface area contributed by atoms with Gasteiger partial charge >= 0.3 is 0 Å². The normalized spacial score (nSPS) is 11.8. The SMILES string of the molecule is Cc1ccc(C(N)=NO)cc1NC(=O)CCCC=CF. The van der Waals surface area contributed by atoms with Gasteiger partial charge in [-0.3, -0.25) is 4.79 Å². The number of allylic oxidation sites excluding steroid dienone is 1. The Kier molecular flexibility index (Phi) is 6.22. The summed E-state index contributed by atoms with van der Waals surface area (Å²) in [5.74, 6) is -0.175. The summed E-state index contributed by atoms with van der Waals surface area (Å²) < 4.78 is 11.7. The molecule has 1 aromatic rings. The number of benzene rings is 1. The lowest BCUT2D eigenvalue weighted by atomic mass is 10.1. The summed E-state index contributed by atoms with van der Waals surface area (Å²) in [7, 11) is 0. The van der Waals surface area contributed by atoms with Crippen molar-refractivity contribution >= 4 is 17.4 Å². The number of nitrogens with zero attached hydrogens (tertiary/aromatic N) is 1. The first-order valence-electron chi connectivity index (χ1n) is 6.22. The first kappa shape index (κ1) is 15.7. The number of amides is 1. The van der Waals surface area contributed by atoms with Gasteiger partial charge in [-0.1, -0.05) is 23.4 Å². The molecule has 0 aromatic heterocycles. The Labute approximate surface area is 117 Å². The minimum absolute atomic E-state index is 0.0198. The summed E-state index contributed by atoms with van der Waals surface area (Å²) in [5.41, 5.74) is 7.51. The van der Waals surface area contributed by atoms with Crippen LogP contribution in [0.5, 0.6) is 0 Å². The van der Waals surface area contributed by atoms with Crippen LogP contribution in [0, 0.1) is 6.92 Å². The van der Waals surface area contributed by atoms with E-state index in [9.17, 15) is 9.18 Å². The highest BCUT2D eigenvalue weighted by molar-refractivity contribution is 5.99. The van der Waals surface area contributed by atoms with E-state index in [0.29, 0.717) is 36.8 Å². The second kappa shape index (κ2) is 7.93. The summed E-state index contributed by atoms with van der Waals surface area (Å²) in [5, 5.41) is 14.3. The van der Waals surface area contributed by atoms with Crippen LogP contribution in [-0.2, 0) is 4.79 Å². The molecule has 0 fully saturated rings. The number of amidine groups is 1. The molecule has 0 saturated carbocycles. The highest BCUT2D eigenvalue weighted by atomic mass is 19.1. The van der Waals surface area contributed by atoms with E-state index in [0.717, 1.165) is 5.56 Å². The summed E-state index contributed by atoms with van der Waals surface area (Å²) in [6, 6.07) is 5.12. The number of nitrogens with two attached hydrogens (primary N) is 1. The molecule has 0 aliphatic heterocycles. The minimum Gasteiger partial charge on any atom is -0.409 e. The van der Waals surface area contributed by atoms with Crippen LogP contribution in [-0.4, -0.2) is 17.0 Å². The molecule has 1 aromatic carbocycles. The molecule has 0 atom stereocenters. The zero-order valence-electron chi connectivity index (χ0n) is 11.3. The van der Waals surface area contributed by atoms with Crippen LogP contribution < -0.4 is 11.1 Å². The van der Waals surface area contributed by atoms with E-state index in [1.165, 1.54) is 6.08 Å². The Hall–Kier alpha value is -2.37. The maximum absolute atomic E-state index is 11.7. The fourth-order valence-electron chi connectivity index (χ4n) is 1.63. The van der Waals surface area contributed by atoms with Crippen LogP contribution in [0.1, 0.15) is 30.4 Å². The molecule has 0 radical (unpaired) electrons. The van der Waals surface area contributed by atoms with E-state index in [4.69, 9.17) is 10.9 Å². The van der Waals surface area contributed by atoms with Gasteiger partial charge in [-0.2, -0.15) is 0 Å². The van der Waals surface area contributed by atoms with Crippen LogP contribution in [0.15, 0.2) is 35.8 Å². The Morgan fingerprint density at radius 1 is 1.55 bits per heavy atom. The Morgan fingerprint density at radius 2 is 2.30 bits per heavy atom. The summed E-state index contributed by atoms with van der Waals surface area (Å²) >= 11 is 0. The van der Waals surface area contributed by atoms with Gasteiger partial charge in [-0.05, 0) is 31.4 Å². The maximum atomic E-state index is 11.7. The third kappa shape index (κ3) is 4.72. The van der Waals surface area contributed by atoms with Gasteiger partial charge in [0.15, 0.2) is 5.84 Å². The summed E-state index contributed by atoms with van der Waals surface area (Å²) in [6.45, 7) is 1.84. The largest absolute Gasteiger partial charge is 0.409 e. The monoisotopic (exact) mass is 279 g/mol. The molecule has 6 heteroatoms. The molecule has 0 spiro atoms. The van der Waals surface area contributed by atoms with E-state index in [2.05, 4.69) is 10.5 Å². The maximum Gasteiger partial charge on any atom is 0.224 e. The molecule has 0 aliphatic rings. The van der Waals surface area contributed by atoms with Gasteiger partial charge in [0.25, 0.3) is 0 Å². The average molecular weight is 279 g/mol. The number of anilines is 1. The second-order valence-corrected chi connectivity index (χ2v) is 4.32. The number of aryl methyl sites for hydroxylation is 1. The van der Waals surface area contributed by atoms with Gasteiger partial charge in [-0.25, -0.2) is 4.39 Å². The van der Waals surface area contributed by atoms with Crippen molar-refractivity contribution in [2.24, 2.45) is 10.9 Å². The molecule has 5 nitrogen and oxygen atoms in total. The van der Waals surface area contributed by atoms with Crippen molar-refractivity contribution in [3.8, 4) is 0 Å². The van der Waals surface area contributed by atoms with E-state index in [-0.39, 0.29) is 11.7 Å². The van der Waals surface area contributed by atoms with Crippen LogP contribution in [0.25, 0.3) is 0 Å². The molecular formula is C14H18FN3O2. The molecule has 0 saturated heterocycles. The van der Waals surface area contributed by atoms with Crippen molar-refractivity contribution in [3.63, 3.8) is 0 Å². The van der Waals surface area contributed by atoms with E-state index >= 15 is 0 Å². The number of unbranched alkanes of at least 4 members (excludes halogenated alkanes) is 1. The standard InChI is InChI=1S/C14H18FN3O2/c1-10-6-7-11(14(16)18-20)9-12(10)17-13(19)5-3-2-4-8-15/h4,6-9,20H,2-3,5H2,1H3,(H2,16,18)(H,17,19). The first-order valence-corrected chi connectivity index (χ1v) is 6.22. The molecule has 108 valence electrons. The minimum atomic E-state index is -0.156. The predicted octanol–water partition coefficient (Wildman–Crippen LogP) is 2.68. The number of hydrogen-bond acceptors (Lipinski definition) is 3. The number of nitrogens with one attached hydrogen (secondary N) is 1. The van der Waals surface area contributed by atoms with Crippen molar-refractivity contribution in [1.82, 2.24) is 0 Å². The summed E-state index contributed by atoms with van der Waals surface area (Å²) in [4.78, 5) is 11.7. The third-order valence-corrected chi connectivity index (χ3v) is 2.78. The van der Waals surface area contributed by atoms with Crippen molar-refractivity contribution in [3.05, 3.63) is 41.7 Å². The second-order valence-electron chi connectivity index (χ2n) is 4.32. The lowest BCUT2D eigenvalue weighted by Crippen LogP contribution is -2.16. The van der Waals surface area contributed by atoms with Crippen LogP contribution in [0.2, 0.25) is 0 Å². The Balaban J connectivity index is 2.69. The molecule has 1 amide bonds. The molecular weight excluding hydrogens is 261 g/mol. The number of halogens is 1. The van der Waals surface area contributed by atoms with Gasteiger partial charge in [0, 0.05) is 17.7 Å². The van der Waals surface area contributed by atoms with E-state index < -0.39 is 0 Å². The summed E-state index contributed by atoms with van der Waals surface area (Å²) in [6.07, 6.45) is 3.25. The van der Waals surface area contributed by atoms with Crippen LogP contribution in [0.4, 0.5) is 10.1 Å². The quantitative estimate of drug-likeness (QED) is 0.246. The third-order valence-electron chi connectivity index (χ3n) is 2.78. The number of oxime groups is 1. The lowest BCUT2D eigenvalue weighted by molar-refractivity contribution is -0.116. The number of carbonyl (C=O) groups is 1.